The minimum atomic E-state index is -0.00995. The van der Waals surface area contributed by atoms with Gasteiger partial charge in [-0.1, -0.05) is 0 Å². The van der Waals surface area contributed by atoms with Crippen molar-refractivity contribution in [3.05, 3.63) is 24.0 Å². The number of carbonyl (C=O) groups excluding carboxylic acids is 1. The second kappa shape index (κ2) is 5.91. The van der Waals surface area contributed by atoms with E-state index in [1.807, 2.05) is 11.8 Å². The topological polar surface area (TPSA) is 54.0 Å². The molecule has 2 N–H and O–H groups in total. The monoisotopic (exact) mass is 251 g/mol. The molecule has 2 heterocycles. The van der Waals surface area contributed by atoms with Crippen LogP contribution in [0.4, 0.5) is 5.69 Å². The number of carbonyl (C=O) groups is 1. The molecule has 5 heteroatoms. The molecular weight excluding hydrogens is 234 g/mol. The molecule has 0 spiro atoms. The quantitative estimate of drug-likeness (QED) is 0.859. The molecule has 1 amide bonds. The lowest BCUT2D eigenvalue weighted by Gasteiger charge is -2.22. The van der Waals surface area contributed by atoms with E-state index in [0.717, 1.165) is 17.9 Å². The van der Waals surface area contributed by atoms with E-state index in [2.05, 4.69) is 15.6 Å². The number of aromatic nitrogens is 1. The van der Waals surface area contributed by atoms with Crippen LogP contribution in [0.3, 0.4) is 0 Å². The lowest BCUT2D eigenvalue weighted by atomic mass is 10.1. The molecule has 0 saturated carbocycles. The maximum absolute atomic E-state index is 12.1. The van der Waals surface area contributed by atoms with Crippen molar-refractivity contribution in [3.63, 3.8) is 0 Å². The molecule has 1 aliphatic rings. The molecule has 1 aromatic rings. The van der Waals surface area contributed by atoms with E-state index in [-0.39, 0.29) is 5.91 Å². The number of nitrogens with zero attached hydrogens (tertiary/aromatic N) is 1. The highest BCUT2D eigenvalue weighted by molar-refractivity contribution is 7.99. The smallest absolute Gasteiger partial charge is 0.253 e. The van der Waals surface area contributed by atoms with Gasteiger partial charge in [-0.05, 0) is 24.7 Å². The highest BCUT2D eigenvalue weighted by Gasteiger charge is 2.18. The molecule has 17 heavy (non-hydrogen) atoms. The van der Waals surface area contributed by atoms with Crippen LogP contribution in [0.25, 0.3) is 0 Å². The first-order valence-corrected chi connectivity index (χ1v) is 6.97. The van der Waals surface area contributed by atoms with E-state index in [1.54, 1.807) is 25.5 Å². The van der Waals surface area contributed by atoms with Gasteiger partial charge in [0.05, 0.1) is 17.4 Å². The zero-order valence-electron chi connectivity index (χ0n) is 9.90. The number of thioether (sulfide) groups is 1. The summed E-state index contributed by atoms with van der Waals surface area (Å²) in [5.74, 6) is 2.22. The molecule has 1 aliphatic heterocycles. The van der Waals surface area contributed by atoms with Gasteiger partial charge in [0.1, 0.15) is 0 Å². The zero-order chi connectivity index (χ0) is 12.1. The molecule has 0 aliphatic carbocycles. The maximum atomic E-state index is 12.1. The number of hydrogen-bond acceptors (Lipinski definition) is 4. The van der Waals surface area contributed by atoms with Crippen LogP contribution in [0, 0.1) is 0 Å². The van der Waals surface area contributed by atoms with Crippen LogP contribution in [0.15, 0.2) is 18.5 Å². The number of pyridine rings is 1. The summed E-state index contributed by atoms with van der Waals surface area (Å²) in [5, 5.41) is 6.07. The van der Waals surface area contributed by atoms with Crippen molar-refractivity contribution in [2.45, 2.75) is 18.9 Å². The summed E-state index contributed by atoms with van der Waals surface area (Å²) in [6.07, 6.45) is 5.58. The molecule has 1 fully saturated rings. The van der Waals surface area contributed by atoms with E-state index in [4.69, 9.17) is 0 Å². The summed E-state index contributed by atoms with van der Waals surface area (Å²) in [6, 6.07) is 2.05. The fourth-order valence-electron chi connectivity index (χ4n) is 1.91. The number of nitrogens with one attached hydrogen (secondary N) is 2. The van der Waals surface area contributed by atoms with Crippen molar-refractivity contribution in [1.29, 1.82) is 0 Å². The normalized spacial score (nSPS) is 19.7. The van der Waals surface area contributed by atoms with Crippen molar-refractivity contribution in [3.8, 4) is 0 Å². The molecule has 92 valence electrons. The molecule has 1 saturated heterocycles. The Labute approximate surface area is 106 Å². The second-order valence-corrected chi connectivity index (χ2v) is 5.21. The van der Waals surface area contributed by atoms with Crippen LogP contribution in [-0.2, 0) is 0 Å². The molecular formula is C12H17N3OS. The summed E-state index contributed by atoms with van der Waals surface area (Å²) in [7, 11) is 1.80. The van der Waals surface area contributed by atoms with Gasteiger partial charge < -0.3 is 10.6 Å². The van der Waals surface area contributed by atoms with Gasteiger partial charge in [0.25, 0.3) is 5.91 Å². The highest BCUT2D eigenvalue weighted by Crippen LogP contribution is 2.18. The summed E-state index contributed by atoms with van der Waals surface area (Å²) in [6.45, 7) is 0. The zero-order valence-corrected chi connectivity index (χ0v) is 10.7. The van der Waals surface area contributed by atoms with Gasteiger partial charge in [-0.2, -0.15) is 11.8 Å². The van der Waals surface area contributed by atoms with E-state index < -0.39 is 0 Å². The predicted octanol–water partition coefficient (Wildman–Crippen LogP) is 1.75. The first kappa shape index (κ1) is 12.2. The summed E-state index contributed by atoms with van der Waals surface area (Å²) < 4.78 is 0. The van der Waals surface area contributed by atoms with Crippen LogP contribution in [-0.4, -0.2) is 35.5 Å². The average molecular weight is 251 g/mol. The summed E-state index contributed by atoms with van der Waals surface area (Å²) >= 11 is 1.91. The number of amides is 1. The second-order valence-electron chi connectivity index (χ2n) is 4.06. The Kier molecular flexibility index (Phi) is 4.25. The van der Waals surface area contributed by atoms with Crippen molar-refractivity contribution in [2.75, 3.05) is 23.9 Å². The highest BCUT2D eigenvalue weighted by atomic mass is 32.2. The van der Waals surface area contributed by atoms with Gasteiger partial charge in [-0.3, -0.25) is 9.78 Å². The minimum Gasteiger partial charge on any atom is -0.386 e. The fourth-order valence-corrected chi connectivity index (χ4v) is 2.98. The lowest BCUT2D eigenvalue weighted by molar-refractivity contribution is 0.0939. The van der Waals surface area contributed by atoms with Crippen molar-refractivity contribution < 1.29 is 4.79 Å². The first-order chi connectivity index (χ1) is 8.31. The van der Waals surface area contributed by atoms with E-state index in [1.165, 1.54) is 12.2 Å². The van der Waals surface area contributed by atoms with Gasteiger partial charge in [-0.15, -0.1) is 0 Å². The van der Waals surface area contributed by atoms with E-state index >= 15 is 0 Å². The number of anilines is 1. The molecule has 2 rings (SSSR count). The largest absolute Gasteiger partial charge is 0.386 e. The van der Waals surface area contributed by atoms with Crippen molar-refractivity contribution in [2.24, 2.45) is 0 Å². The van der Waals surface area contributed by atoms with Crippen LogP contribution in [0.2, 0.25) is 0 Å². The van der Waals surface area contributed by atoms with Gasteiger partial charge in [-0.25, -0.2) is 0 Å². The van der Waals surface area contributed by atoms with Gasteiger partial charge in [0.2, 0.25) is 0 Å². The predicted molar refractivity (Wildman–Crippen MR) is 71.6 cm³/mol. The Hall–Kier alpha value is -1.23. The SMILES string of the molecule is CNc1cnccc1C(=O)NC1CCCSC1. The maximum Gasteiger partial charge on any atom is 0.253 e. The third kappa shape index (κ3) is 3.12. The van der Waals surface area contributed by atoms with Gasteiger partial charge >= 0.3 is 0 Å². The molecule has 1 atom stereocenters. The van der Waals surface area contributed by atoms with Crippen LogP contribution >= 0.6 is 11.8 Å². The van der Waals surface area contributed by atoms with E-state index in [0.29, 0.717) is 11.6 Å². The number of rotatable bonds is 3. The Balaban J connectivity index is 2.03. The standard InChI is InChI=1S/C12H17N3OS/c1-13-11-7-14-5-4-10(11)12(16)15-9-3-2-6-17-8-9/h4-5,7,9,13H,2-3,6,8H2,1H3,(H,15,16). The third-order valence-corrected chi connectivity index (χ3v) is 4.05. The van der Waals surface area contributed by atoms with Crippen LogP contribution in [0.1, 0.15) is 23.2 Å². The Bertz CT molecular complexity index is 391. The molecule has 0 bridgehead atoms. The Morgan fingerprint density at radius 2 is 2.47 bits per heavy atom. The molecule has 1 unspecified atom stereocenters. The fraction of sp³-hybridized carbons (Fsp3) is 0.500. The Morgan fingerprint density at radius 1 is 1.59 bits per heavy atom. The summed E-state index contributed by atoms with van der Waals surface area (Å²) in [4.78, 5) is 16.1. The molecule has 4 nitrogen and oxygen atoms in total. The molecule has 0 radical (unpaired) electrons. The third-order valence-electron chi connectivity index (χ3n) is 2.83. The van der Waals surface area contributed by atoms with Crippen LogP contribution in [0.5, 0.6) is 0 Å². The van der Waals surface area contributed by atoms with Gasteiger partial charge in [0.15, 0.2) is 0 Å². The summed E-state index contributed by atoms with van der Waals surface area (Å²) in [5.41, 5.74) is 1.44. The lowest BCUT2D eigenvalue weighted by Crippen LogP contribution is -2.38. The molecule has 1 aromatic heterocycles. The number of hydrogen-bond donors (Lipinski definition) is 2. The molecule has 0 aromatic carbocycles. The minimum absolute atomic E-state index is 0.00995. The Morgan fingerprint density at radius 3 is 3.18 bits per heavy atom. The van der Waals surface area contributed by atoms with Crippen molar-refractivity contribution >= 4 is 23.4 Å². The first-order valence-electron chi connectivity index (χ1n) is 5.81. The van der Waals surface area contributed by atoms with Crippen molar-refractivity contribution in [1.82, 2.24) is 10.3 Å². The van der Waals surface area contributed by atoms with Crippen LogP contribution < -0.4 is 10.6 Å². The van der Waals surface area contributed by atoms with E-state index in [9.17, 15) is 4.79 Å². The van der Waals surface area contributed by atoms with Gasteiger partial charge in [0, 0.05) is 25.0 Å². The average Bonchev–Trinajstić information content (AvgIpc) is 2.40.